The first-order valence-electron chi connectivity index (χ1n) is 13.0. The van der Waals surface area contributed by atoms with Gasteiger partial charge in [-0.3, -0.25) is 4.79 Å². The molecule has 0 aliphatic heterocycles. The van der Waals surface area contributed by atoms with Crippen LogP contribution < -0.4 is 10.2 Å². The Morgan fingerprint density at radius 3 is 1.97 bits per heavy atom. The van der Waals surface area contributed by atoms with Crippen LogP contribution in [0.5, 0.6) is 23.0 Å². The van der Waals surface area contributed by atoms with E-state index >= 15 is 0 Å². The number of hydrogen-bond donors (Lipinski definition) is 4. The fraction of sp³-hybridized carbons (Fsp3) is 0.483. The van der Waals surface area contributed by atoms with Crippen LogP contribution in [-0.2, 0) is 6.42 Å². The molecule has 0 atom stereocenters. The van der Waals surface area contributed by atoms with Gasteiger partial charge in [-0.1, -0.05) is 57.8 Å². The molecule has 0 aliphatic rings. The van der Waals surface area contributed by atoms with Gasteiger partial charge in [-0.25, -0.2) is 0 Å². The fourth-order valence-corrected chi connectivity index (χ4v) is 4.57. The lowest BCUT2D eigenvalue weighted by Gasteiger charge is -2.13. The lowest BCUT2D eigenvalue weighted by atomic mass is 10.00. The Kier molecular flexibility index (Phi) is 10.5. The van der Waals surface area contributed by atoms with Gasteiger partial charge in [0, 0.05) is 29.9 Å². The zero-order chi connectivity index (χ0) is 25.9. The van der Waals surface area contributed by atoms with E-state index in [0.717, 1.165) is 32.1 Å². The molecule has 4 N–H and O–H groups in total. The number of ether oxygens (including phenoxy) is 1. The molecule has 0 saturated heterocycles. The SMILES string of the molecule is COc1cc2oc(-c3ccc(O)c(O)c3)cc(=O)c2c(O)c1CCCCCCCCCCCCCO. The number of phenols is 3. The number of rotatable bonds is 15. The van der Waals surface area contributed by atoms with E-state index in [-0.39, 0.29) is 34.0 Å². The second kappa shape index (κ2) is 13.8. The van der Waals surface area contributed by atoms with Crippen molar-refractivity contribution in [1.29, 1.82) is 0 Å². The number of unbranched alkanes of at least 4 members (excludes halogenated alkanes) is 10. The molecule has 0 bridgehead atoms. The third-order valence-electron chi connectivity index (χ3n) is 6.62. The van der Waals surface area contributed by atoms with Gasteiger partial charge in [0.1, 0.15) is 28.2 Å². The summed E-state index contributed by atoms with van der Waals surface area (Å²) in [6, 6.07) is 7.05. The molecule has 1 heterocycles. The molecule has 3 aromatic rings. The quantitative estimate of drug-likeness (QED) is 0.141. The van der Waals surface area contributed by atoms with Gasteiger partial charge in [-0.2, -0.15) is 0 Å². The molecule has 1 aromatic heterocycles. The molecule has 2 aromatic carbocycles. The van der Waals surface area contributed by atoms with Crippen molar-refractivity contribution in [2.45, 2.75) is 77.0 Å². The largest absolute Gasteiger partial charge is 0.507 e. The van der Waals surface area contributed by atoms with E-state index < -0.39 is 5.43 Å². The van der Waals surface area contributed by atoms with Crippen molar-refractivity contribution >= 4 is 11.0 Å². The van der Waals surface area contributed by atoms with E-state index in [1.807, 2.05) is 0 Å². The summed E-state index contributed by atoms with van der Waals surface area (Å²) in [6.45, 7) is 0.296. The van der Waals surface area contributed by atoms with E-state index in [2.05, 4.69) is 0 Å². The lowest BCUT2D eigenvalue weighted by Crippen LogP contribution is -2.04. The first kappa shape index (κ1) is 27.4. The molecule has 7 heteroatoms. The molecule has 0 radical (unpaired) electrons. The number of phenolic OH excluding ortho intramolecular Hbond substituents is 3. The van der Waals surface area contributed by atoms with Crippen molar-refractivity contribution in [3.05, 3.63) is 46.1 Å². The summed E-state index contributed by atoms with van der Waals surface area (Å²) in [5.41, 5.74) is 0.833. The monoisotopic (exact) mass is 498 g/mol. The normalized spacial score (nSPS) is 11.3. The Bertz CT molecular complexity index is 1180. The van der Waals surface area contributed by atoms with Crippen LogP contribution in [0.25, 0.3) is 22.3 Å². The Morgan fingerprint density at radius 2 is 1.39 bits per heavy atom. The van der Waals surface area contributed by atoms with Gasteiger partial charge < -0.3 is 29.6 Å². The maximum absolute atomic E-state index is 12.9. The zero-order valence-electron chi connectivity index (χ0n) is 21.1. The summed E-state index contributed by atoms with van der Waals surface area (Å²) in [6.07, 6.45) is 13.1. The van der Waals surface area contributed by atoms with E-state index in [0.29, 0.717) is 29.9 Å². The van der Waals surface area contributed by atoms with Gasteiger partial charge >= 0.3 is 0 Å². The summed E-state index contributed by atoms with van der Waals surface area (Å²) in [5, 5.41) is 39.2. The standard InChI is InChI=1S/C29H38O7/c1-35-26-19-27-28(24(33)18-25(36-27)20-14-15-22(31)23(32)17-20)29(34)21(26)13-11-9-7-5-3-2-4-6-8-10-12-16-30/h14-15,17-19,30-32,34H,2-13,16H2,1H3. The van der Waals surface area contributed by atoms with Crippen molar-refractivity contribution in [2.75, 3.05) is 13.7 Å². The highest BCUT2D eigenvalue weighted by molar-refractivity contribution is 5.88. The second-order valence-corrected chi connectivity index (χ2v) is 9.32. The highest BCUT2D eigenvalue weighted by atomic mass is 16.5. The van der Waals surface area contributed by atoms with Crippen LogP contribution in [0.15, 0.2) is 39.5 Å². The van der Waals surface area contributed by atoms with Crippen LogP contribution in [0.1, 0.15) is 76.2 Å². The molecule has 0 fully saturated rings. The molecule has 0 amide bonds. The Hall–Kier alpha value is -3.19. The summed E-state index contributed by atoms with van der Waals surface area (Å²) in [7, 11) is 1.52. The smallest absolute Gasteiger partial charge is 0.197 e. The van der Waals surface area contributed by atoms with Gasteiger partial charge in [0.2, 0.25) is 0 Å². The van der Waals surface area contributed by atoms with E-state index in [9.17, 15) is 20.1 Å². The van der Waals surface area contributed by atoms with Gasteiger partial charge in [0.05, 0.1) is 7.11 Å². The average Bonchev–Trinajstić information content (AvgIpc) is 2.86. The maximum atomic E-state index is 12.9. The minimum Gasteiger partial charge on any atom is -0.507 e. The van der Waals surface area contributed by atoms with Crippen LogP contribution in [0.2, 0.25) is 0 Å². The van der Waals surface area contributed by atoms with Crippen molar-refractivity contribution < 1.29 is 29.6 Å². The lowest BCUT2D eigenvalue weighted by molar-refractivity contribution is 0.282. The van der Waals surface area contributed by atoms with Crippen LogP contribution in [-0.4, -0.2) is 34.1 Å². The summed E-state index contributed by atoms with van der Waals surface area (Å²) in [4.78, 5) is 12.9. The van der Waals surface area contributed by atoms with Crippen LogP contribution in [0.3, 0.4) is 0 Å². The number of methoxy groups -OCH3 is 1. The third kappa shape index (κ3) is 7.17. The highest BCUT2D eigenvalue weighted by Crippen LogP contribution is 2.38. The fourth-order valence-electron chi connectivity index (χ4n) is 4.57. The molecular weight excluding hydrogens is 460 g/mol. The predicted molar refractivity (Wildman–Crippen MR) is 141 cm³/mol. The van der Waals surface area contributed by atoms with Crippen LogP contribution >= 0.6 is 0 Å². The highest BCUT2D eigenvalue weighted by Gasteiger charge is 2.19. The van der Waals surface area contributed by atoms with Gasteiger partial charge in [-0.05, 0) is 37.5 Å². The Labute approximate surface area is 212 Å². The Morgan fingerprint density at radius 1 is 0.778 bits per heavy atom. The first-order valence-corrected chi connectivity index (χ1v) is 13.0. The number of benzene rings is 2. The van der Waals surface area contributed by atoms with Gasteiger partial charge in [-0.15, -0.1) is 0 Å². The molecule has 0 aliphatic carbocycles. The first-order chi connectivity index (χ1) is 17.5. The van der Waals surface area contributed by atoms with Crippen molar-refractivity contribution in [3.8, 4) is 34.3 Å². The number of aliphatic hydroxyl groups excluding tert-OH is 1. The number of aromatic hydroxyl groups is 3. The van der Waals surface area contributed by atoms with Gasteiger partial charge in [0.15, 0.2) is 16.9 Å². The molecule has 0 spiro atoms. The predicted octanol–water partition coefficient (Wildman–Crippen LogP) is 6.41. The maximum Gasteiger partial charge on any atom is 0.197 e. The van der Waals surface area contributed by atoms with E-state index in [1.54, 1.807) is 6.07 Å². The zero-order valence-corrected chi connectivity index (χ0v) is 21.1. The molecule has 0 saturated carbocycles. The minimum absolute atomic E-state index is 0.108. The molecule has 3 rings (SSSR count). The summed E-state index contributed by atoms with van der Waals surface area (Å²) in [5.74, 6) is -0.0203. The molecular formula is C29H38O7. The van der Waals surface area contributed by atoms with Crippen molar-refractivity contribution in [2.24, 2.45) is 0 Å². The Balaban J connectivity index is 1.59. The van der Waals surface area contributed by atoms with Crippen LogP contribution in [0, 0.1) is 0 Å². The molecule has 7 nitrogen and oxygen atoms in total. The number of fused-ring (bicyclic) bond motifs is 1. The van der Waals surface area contributed by atoms with E-state index in [1.165, 1.54) is 69.9 Å². The molecule has 196 valence electrons. The van der Waals surface area contributed by atoms with Crippen molar-refractivity contribution in [3.63, 3.8) is 0 Å². The minimum atomic E-state index is -0.392. The molecule has 36 heavy (non-hydrogen) atoms. The number of aliphatic hydroxyl groups is 1. The summed E-state index contributed by atoms with van der Waals surface area (Å²) >= 11 is 0. The van der Waals surface area contributed by atoms with Gasteiger partial charge in [0.25, 0.3) is 0 Å². The summed E-state index contributed by atoms with van der Waals surface area (Å²) < 4.78 is 11.4. The van der Waals surface area contributed by atoms with E-state index in [4.69, 9.17) is 14.3 Å². The number of hydrogen-bond acceptors (Lipinski definition) is 7. The van der Waals surface area contributed by atoms with Crippen LogP contribution in [0.4, 0.5) is 0 Å². The topological polar surface area (TPSA) is 120 Å². The average molecular weight is 499 g/mol. The third-order valence-corrected chi connectivity index (χ3v) is 6.62. The van der Waals surface area contributed by atoms with Crippen molar-refractivity contribution in [1.82, 2.24) is 0 Å². The molecule has 0 unspecified atom stereocenters. The second-order valence-electron chi connectivity index (χ2n) is 9.32.